The lowest BCUT2D eigenvalue weighted by molar-refractivity contribution is 0.0954. The Balaban J connectivity index is 1.99. The van der Waals surface area contributed by atoms with E-state index >= 15 is 0 Å². The Morgan fingerprint density at radius 2 is 1.70 bits per heavy atom. The fraction of sp³-hybridized carbons (Fsp3) is 0.176. The first-order valence-electron chi connectivity index (χ1n) is 6.60. The number of aryl methyl sites for hydroxylation is 1. The first-order valence-corrected chi connectivity index (χ1v) is 6.60. The molecule has 3 nitrogen and oxygen atoms in total. The first kappa shape index (κ1) is 14.0. The van der Waals surface area contributed by atoms with Crippen LogP contribution >= 0.6 is 0 Å². The highest BCUT2D eigenvalue weighted by molar-refractivity contribution is 5.96. The van der Waals surface area contributed by atoms with Crippen LogP contribution < -0.4 is 5.43 Å². The van der Waals surface area contributed by atoms with Crippen molar-refractivity contribution in [3.63, 3.8) is 0 Å². The maximum atomic E-state index is 12.0. The van der Waals surface area contributed by atoms with E-state index in [2.05, 4.69) is 10.5 Å². The molecular formula is C17H18N2O. The Bertz CT molecular complexity index is 618. The fourth-order valence-corrected chi connectivity index (χ4v) is 1.96. The molecule has 3 heteroatoms. The van der Waals surface area contributed by atoms with E-state index in [9.17, 15) is 4.79 Å². The highest BCUT2D eigenvalue weighted by Crippen LogP contribution is 2.06. The van der Waals surface area contributed by atoms with Gasteiger partial charge in [-0.25, -0.2) is 5.43 Å². The Kier molecular flexibility index (Phi) is 4.66. The molecule has 0 unspecified atom stereocenters. The minimum Gasteiger partial charge on any atom is -0.267 e. The van der Waals surface area contributed by atoms with E-state index in [4.69, 9.17) is 0 Å². The number of hydrazone groups is 1. The molecule has 0 saturated carbocycles. The molecule has 0 aliphatic rings. The molecule has 1 amide bonds. The van der Waals surface area contributed by atoms with Gasteiger partial charge >= 0.3 is 0 Å². The summed E-state index contributed by atoms with van der Waals surface area (Å²) in [6.07, 6.45) is 0.731. The summed E-state index contributed by atoms with van der Waals surface area (Å²) in [6.45, 7) is 3.82. The molecule has 2 aromatic carbocycles. The van der Waals surface area contributed by atoms with Gasteiger partial charge in [-0.1, -0.05) is 48.5 Å². The van der Waals surface area contributed by atoms with Gasteiger partial charge in [0.05, 0.1) is 0 Å². The summed E-state index contributed by atoms with van der Waals surface area (Å²) in [4.78, 5) is 12.0. The average Bonchev–Trinajstić information content (AvgIpc) is 2.46. The van der Waals surface area contributed by atoms with E-state index in [-0.39, 0.29) is 5.91 Å². The van der Waals surface area contributed by atoms with Gasteiger partial charge in [0, 0.05) is 17.7 Å². The van der Waals surface area contributed by atoms with Crippen molar-refractivity contribution in [2.45, 2.75) is 20.3 Å². The summed E-state index contributed by atoms with van der Waals surface area (Å²) < 4.78 is 0. The first-order chi connectivity index (χ1) is 9.66. The molecule has 0 spiro atoms. The fourth-order valence-electron chi connectivity index (χ4n) is 1.96. The highest BCUT2D eigenvalue weighted by atomic mass is 16.2. The molecule has 0 fully saturated rings. The van der Waals surface area contributed by atoms with Crippen molar-refractivity contribution in [1.82, 2.24) is 5.43 Å². The summed E-state index contributed by atoms with van der Waals surface area (Å²) in [5, 5.41) is 4.15. The quantitative estimate of drug-likeness (QED) is 0.669. The molecule has 0 saturated heterocycles. The number of hydrogen-bond acceptors (Lipinski definition) is 2. The molecule has 0 bridgehead atoms. The lowest BCUT2D eigenvalue weighted by Gasteiger charge is -2.05. The van der Waals surface area contributed by atoms with Crippen molar-refractivity contribution in [1.29, 1.82) is 0 Å². The molecule has 0 aliphatic heterocycles. The van der Waals surface area contributed by atoms with Crippen LogP contribution in [0.5, 0.6) is 0 Å². The topological polar surface area (TPSA) is 41.5 Å². The van der Waals surface area contributed by atoms with Gasteiger partial charge in [0.2, 0.25) is 0 Å². The predicted molar refractivity (Wildman–Crippen MR) is 81.9 cm³/mol. The van der Waals surface area contributed by atoms with Gasteiger partial charge in [-0.15, -0.1) is 0 Å². The van der Waals surface area contributed by atoms with E-state index in [0.717, 1.165) is 17.7 Å². The van der Waals surface area contributed by atoms with Crippen LogP contribution in [-0.4, -0.2) is 11.6 Å². The number of hydrogen-bond donors (Lipinski definition) is 1. The zero-order valence-electron chi connectivity index (χ0n) is 11.8. The monoisotopic (exact) mass is 266 g/mol. The van der Waals surface area contributed by atoms with Crippen LogP contribution in [0.1, 0.15) is 28.4 Å². The molecule has 0 radical (unpaired) electrons. The maximum Gasteiger partial charge on any atom is 0.271 e. The summed E-state index contributed by atoms with van der Waals surface area (Å²) in [7, 11) is 0. The number of nitrogens with one attached hydrogen (secondary N) is 1. The largest absolute Gasteiger partial charge is 0.271 e. The minimum absolute atomic E-state index is 0.171. The predicted octanol–water partition coefficient (Wildman–Crippen LogP) is 3.34. The molecule has 0 aliphatic carbocycles. The van der Waals surface area contributed by atoms with Crippen molar-refractivity contribution in [2.24, 2.45) is 5.10 Å². The van der Waals surface area contributed by atoms with Crippen molar-refractivity contribution in [3.8, 4) is 0 Å². The maximum absolute atomic E-state index is 12.0. The molecule has 1 N–H and O–H groups in total. The zero-order chi connectivity index (χ0) is 14.4. The van der Waals surface area contributed by atoms with Crippen molar-refractivity contribution in [3.05, 3.63) is 71.3 Å². The normalized spacial score (nSPS) is 11.2. The van der Waals surface area contributed by atoms with Crippen molar-refractivity contribution in [2.75, 3.05) is 0 Å². The van der Waals surface area contributed by atoms with E-state index in [1.165, 1.54) is 5.56 Å². The van der Waals surface area contributed by atoms with E-state index < -0.39 is 0 Å². The third-order valence-corrected chi connectivity index (χ3v) is 3.04. The van der Waals surface area contributed by atoms with Gasteiger partial charge in [0.25, 0.3) is 5.91 Å². The van der Waals surface area contributed by atoms with Crippen molar-refractivity contribution < 1.29 is 4.79 Å². The minimum atomic E-state index is -0.171. The summed E-state index contributed by atoms with van der Waals surface area (Å²) in [5.74, 6) is -0.171. The van der Waals surface area contributed by atoms with E-state index in [1.807, 2.05) is 62.4 Å². The second kappa shape index (κ2) is 6.66. The number of amides is 1. The summed E-state index contributed by atoms with van der Waals surface area (Å²) in [5.41, 5.74) is 6.26. The lowest BCUT2D eigenvalue weighted by Crippen LogP contribution is -2.20. The standard InChI is InChI=1S/C17H18N2O/c1-13-8-6-7-11-16(13)17(20)19-18-14(2)12-15-9-4-3-5-10-15/h3-11H,12H2,1-2H3,(H,19,20). The van der Waals surface area contributed by atoms with Crippen LogP contribution in [0.15, 0.2) is 59.7 Å². The number of nitrogens with zero attached hydrogens (tertiary/aromatic N) is 1. The van der Waals surface area contributed by atoms with Crippen LogP contribution in [0, 0.1) is 6.92 Å². The second-order valence-electron chi connectivity index (χ2n) is 4.77. The van der Waals surface area contributed by atoms with Gasteiger partial charge in [-0.3, -0.25) is 4.79 Å². The number of benzene rings is 2. The Labute approximate surface area is 119 Å². The van der Waals surface area contributed by atoms with Crippen molar-refractivity contribution >= 4 is 11.6 Å². The number of rotatable bonds is 4. The molecule has 0 atom stereocenters. The van der Waals surface area contributed by atoms with Gasteiger partial charge in [-0.2, -0.15) is 5.10 Å². The van der Waals surface area contributed by atoms with Gasteiger partial charge in [-0.05, 0) is 31.0 Å². The molecule has 20 heavy (non-hydrogen) atoms. The summed E-state index contributed by atoms with van der Waals surface area (Å²) >= 11 is 0. The SMILES string of the molecule is CC(Cc1ccccc1)=NNC(=O)c1ccccc1C. The zero-order valence-corrected chi connectivity index (χ0v) is 11.8. The van der Waals surface area contributed by atoms with Gasteiger partial charge < -0.3 is 0 Å². The Morgan fingerprint density at radius 3 is 2.40 bits per heavy atom. The number of carbonyl (C=O) groups is 1. The number of carbonyl (C=O) groups excluding carboxylic acids is 1. The molecule has 102 valence electrons. The van der Waals surface area contributed by atoms with Crippen LogP contribution in [0.3, 0.4) is 0 Å². The second-order valence-corrected chi connectivity index (χ2v) is 4.77. The molecule has 2 aromatic rings. The molecule has 0 aromatic heterocycles. The van der Waals surface area contributed by atoms with Crippen LogP contribution in [0.4, 0.5) is 0 Å². The highest BCUT2D eigenvalue weighted by Gasteiger charge is 2.06. The summed E-state index contributed by atoms with van der Waals surface area (Å²) in [6, 6.07) is 17.5. The third-order valence-electron chi connectivity index (χ3n) is 3.04. The van der Waals surface area contributed by atoms with Gasteiger partial charge in [0.1, 0.15) is 0 Å². The van der Waals surface area contributed by atoms with E-state index in [1.54, 1.807) is 6.07 Å². The van der Waals surface area contributed by atoms with E-state index in [0.29, 0.717) is 5.56 Å². The molecule has 2 rings (SSSR count). The Hall–Kier alpha value is -2.42. The van der Waals surface area contributed by atoms with Gasteiger partial charge in [0.15, 0.2) is 0 Å². The smallest absolute Gasteiger partial charge is 0.267 e. The third kappa shape index (κ3) is 3.79. The molecule has 0 heterocycles. The van der Waals surface area contributed by atoms with Crippen LogP contribution in [-0.2, 0) is 6.42 Å². The van der Waals surface area contributed by atoms with Crippen LogP contribution in [0.25, 0.3) is 0 Å². The van der Waals surface area contributed by atoms with Crippen LogP contribution in [0.2, 0.25) is 0 Å². The molecular weight excluding hydrogens is 248 g/mol. The lowest BCUT2D eigenvalue weighted by atomic mass is 10.1. The Morgan fingerprint density at radius 1 is 1.05 bits per heavy atom. The average molecular weight is 266 g/mol.